The molecule has 1 saturated heterocycles. The van der Waals surface area contributed by atoms with Gasteiger partial charge in [-0.3, -0.25) is 4.79 Å². The number of hydrogen-bond acceptors (Lipinski definition) is 3. The average molecular weight is 366 g/mol. The predicted molar refractivity (Wildman–Crippen MR) is 106 cm³/mol. The number of rotatable bonds is 4. The van der Waals surface area contributed by atoms with Gasteiger partial charge in [0.25, 0.3) is 0 Å². The number of nitrogens with one attached hydrogen (secondary N) is 1. The Morgan fingerprint density at radius 1 is 1.11 bits per heavy atom. The molecular weight excluding hydrogens is 343 g/mol. The Bertz CT molecular complexity index is 873. The van der Waals surface area contributed by atoms with Gasteiger partial charge in [0.1, 0.15) is 11.6 Å². The lowest BCUT2D eigenvalue weighted by Gasteiger charge is -2.30. The number of anilines is 2. The lowest BCUT2D eigenvalue weighted by atomic mass is 10.1. The van der Waals surface area contributed by atoms with Crippen molar-refractivity contribution in [3.63, 3.8) is 0 Å². The molecule has 2 heterocycles. The highest BCUT2D eigenvalue weighted by atomic mass is 19.1. The zero-order valence-corrected chi connectivity index (χ0v) is 15.2. The summed E-state index contributed by atoms with van der Waals surface area (Å²) in [6.07, 6.45) is 7.61. The summed E-state index contributed by atoms with van der Waals surface area (Å²) < 4.78 is 19.2. The Morgan fingerprint density at radius 3 is 2.81 bits per heavy atom. The van der Waals surface area contributed by atoms with E-state index in [0.717, 1.165) is 54.9 Å². The molecule has 0 saturated carbocycles. The lowest BCUT2D eigenvalue weighted by Crippen LogP contribution is -2.30. The van der Waals surface area contributed by atoms with E-state index in [1.807, 2.05) is 18.2 Å². The molecule has 1 N–H and O–H groups in total. The highest BCUT2D eigenvalue weighted by Gasteiger charge is 2.16. The number of carbonyl (C=O) groups is 1. The smallest absolute Gasteiger partial charge is 0.248 e. The van der Waals surface area contributed by atoms with Crippen molar-refractivity contribution in [1.82, 2.24) is 0 Å². The van der Waals surface area contributed by atoms with Gasteiger partial charge in [-0.25, -0.2) is 4.39 Å². The quantitative estimate of drug-likeness (QED) is 0.816. The Kier molecular flexibility index (Phi) is 5.10. The highest BCUT2D eigenvalue weighted by molar-refractivity contribution is 6.03. The molecule has 4 nitrogen and oxygen atoms in total. The van der Waals surface area contributed by atoms with Crippen molar-refractivity contribution in [3.8, 4) is 5.75 Å². The minimum absolute atomic E-state index is 0.268. The molecule has 0 aliphatic carbocycles. The number of piperidine rings is 1. The number of hydrogen-bond donors (Lipinski definition) is 1. The minimum Gasteiger partial charge on any atom is -0.493 e. The van der Waals surface area contributed by atoms with Gasteiger partial charge in [0.2, 0.25) is 5.91 Å². The van der Waals surface area contributed by atoms with Crippen molar-refractivity contribution < 1.29 is 13.9 Å². The molecule has 0 aromatic heterocycles. The second-order valence-electron chi connectivity index (χ2n) is 7.00. The molecule has 2 aromatic rings. The molecule has 4 rings (SSSR count). The molecule has 2 aliphatic heterocycles. The van der Waals surface area contributed by atoms with Crippen molar-refractivity contribution in [2.45, 2.75) is 25.7 Å². The number of halogens is 1. The molecule has 1 amide bonds. The topological polar surface area (TPSA) is 41.6 Å². The number of ether oxygens (including phenoxy) is 1. The van der Waals surface area contributed by atoms with Crippen LogP contribution in [0, 0.1) is 5.82 Å². The van der Waals surface area contributed by atoms with Gasteiger partial charge >= 0.3 is 0 Å². The van der Waals surface area contributed by atoms with Crippen LogP contribution in [-0.2, 0) is 11.2 Å². The SMILES string of the molecule is O=C(/C=C/c1ccc2c(c1)CCO2)Nc1cc(F)ccc1N1CCCCC1. The lowest BCUT2D eigenvalue weighted by molar-refractivity contribution is -0.111. The van der Waals surface area contributed by atoms with E-state index in [0.29, 0.717) is 12.3 Å². The second-order valence-corrected chi connectivity index (χ2v) is 7.00. The van der Waals surface area contributed by atoms with E-state index in [1.54, 1.807) is 12.1 Å². The minimum atomic E-state index is -0.353. The molecule has 1 fully saturated rings. The fourth-order valence-electron chi connectivity index (χ4n) is 3.68. The van der Waals surface area contributed by atoms with E-state index < -0.39 is 0 Å². The number of amides is 1. The van der Waals surface area contributed by atoms with Gasteiger partial charge in [0.05, 0.1) is 18.0 Å². The molecule has 2 aromatic carbocycles. The van der Waals surface area contributed by atoms with Crippen molar-refractivity contribution in [2.24, 2.45) is 0 Å². The van der Waals surface area contributed by atoms with E-state index in [1.165, 1.54) is 24.6 Å². The number of nitrogens with zero attached hydrogens (tertiary/aromatic N) is 1. The summed E-state index contributed by atoms with van der Waals surface area (Å²) in [7, 11) is 0. The molecule has 5 heteroatoms. The summed E-state index contributed by atoms with van der Waals surface area (Å²) >= 11 is 0. The van der Waals surface area contributed by atoms with Crippen LogP contribution in [0.3, 0.4) is 0 Å². The van der Waals surface area contributed by atoms with Crippen LogP contribution in [-0.4, -0.2) is 25.6 Å². The normalized spacial score (nSPS) is 16.3. The molecule has 2 aliphatic rings. The first-order chi connectivity index (χ1) is 13.2. The monoisotopic (exact) mass is 366 g/mol. The van der Waals surface area contributed by atoms with E-state index >= 15 is 0 Å². The van der Waals surface area contributed by atoms with Crippen LogP contribution in [0.15, 0.2) is 42.5 Å². The van der Waals surface area contributed by atoms with E-state index in [9.17, 15) is 9.18 Å². The van der Waals surface area contributed by atoms with Crippen molar-refractivity contribution in [1.29, 1.82) is 0 Å². The number of benzene rings is 2. The molecule has 0 unspecified atom stereocenters. The van der Waals surface area contributed by atoms with Gasteiger partial charge in [-0.05, 0) is 66.8 Å². The number of carbonyl (C=O) groups excluding carboxylic acids is 1. The number of fused-ring (bicyclic) bond motifs is 1. The van der Waals surface area contributed by atoms with Crippen molar-refractivity contribution >= 4 is 23.4 Å². The maximum Gasteiger partial charge on any atom is 0.248 e. The van der Waals surface area contributed by atoms with Crippen LogP contribution in [0.2, 0.25) is 0 Å². The predicted octanol–water partition coefficient (Wildman–Crippen LogP) is 4.40. The van der Waals surface area contributed by atoms with Gasteiger partial charge in [0, 0.05) is 25.6 Å². The first-order valence-electron chi connectivity index (χ1n) is 9.48. The first-order valence-corrected chi connectivity index (χ1v) is 9.48. The fraction of sp³-hybridized carbons (Fsp3) is 0.318. The Balaban J connectivity index is 1.48. The summed E-state index contributed by atoms with van der Waals surface area (Å²) in [5, 5.41) is 2.84. The molecule has 140 valence electrons. The zero-order valence-electron chi connectivity index (χ0n) is 15.2. The van der Waals surface area contributed by atoms with Crippen LogP contribution < -0.4 is 15.0 Å². The van der Waals surface area contributed by atoms with Crippen molar-refractivity contribution in [3.05, 3.63) is 59.4 Å². The summed E-state index contributed by atoms with van der Waals surface area (Å²) in [5.74, 6) is 0.298. The van der Waals surface area contributed by atoms with Gasteiger partial charge in [-0.1, -0.05) is 6.07 Å². The molecule has 27 heavy (non-hydrogen) atoms. The van der Waals surface area contributed by atoms with E-state index in [4.69, 9.17) is 4.74 Å². The van der Waals surface area contributed by atoms with Crippen LogP contribution >= 0.6 is 0 Å². The van der Waals surface area contributed by atoms with E-state index in [2.05, 4.69) is 10.2 Å². The molecule has 0 atom stereocenters. The molecule has 0 radical (unpaired) electrons. The zero-order chi connectivity index (χ0) is 18.6. The van der Waals surface area contributed by atoms with Gasteiger partial charge in [0.15, 0.2) is 0 Å². The summed E-state index contributed by atoms with van der Waals surface area (Å²) in [4.78, 5) is 14.6. The fourth-order valence-corrected chi connectivity index (χ4v) is 3.68. The molecule has 0 spiro atoms. The largest absolute Gasteiger partial charge is 0.493 e. The molecule has 0 bridgehead atoms. The van der Waals surface area contributed by atoms with Crippen LogP contribution in [0.5, 0.6) is 5.75 Å². The highest BCUT2D eigenvalue weighted by Crippen LogP contribution is 2.30. The Hall–Kier alpha value is -2.82. The summed E-state index contributed by atoms with van der Waals surface area (Å²) in [6.45, 7) is 2.57. The second kappa shape index (κ2) is 7.82. The Labute approximate surface area is 158 Å². The van der Waals surface area contributed by atoms with Crippen molar-refractivity contribution in [2.75, 3.05) is 29.9 Å². The third-order valence-corrected chi connectivity index (χ3v) is 5.05. The summed E-state index contributed by atoms with van der Waals surface area (Å²) in [6, 6.07) is 10.5. The average Bonchev–Trinajstić information content (AvgIpc) is 3.15. The van der Waals surface area contributed by atoms with Gasteiger partial charge in [-0.2, -0.15) is 0 Å². The third-order valence-electron chi connectivity index (χ3n) is 5.05. The maximum absolute atomic E-state index is 13.7. The van der Waals surface area contributed by atoms with Crippen LogP contribution in [0.25, 0.3) is 6.08 Å². The van der Waals surface area contributed by atoms with Gasteiger partial charge < -0.3 is 15.0 Å². The molecular formula is C22H23FN2O2. The standard InChI is InChI=1S/C22H23FN2O2/c23-18-6-7-20(25-11-2-1-3-12-25)19(15-18)24-22(26)9-5-16-4-8-21-17(14-16)10-13-27-21/h4-9,14-15H,1-3,10-13H2,(H,24,26)/b9-5+. The van der Waals surface area contributed by atoms with Crippen LogP contribution in [0.4, 0.5) is 15.8 Å². The first kappa shape index (κ1) is 17.6. The van der Waals surface area contributed by atoms with E-state index in [-0.39, 0.29) is 11.7 Å². The summed E-state index contributed by atoms with van der Waals surface area (Å²) in [5.41, 5.74) is 3.52. The maximum atomic E-state index is 13.7. The van der Waals surface area contributed by atoms with Gasteiger partial charge in [-0.15, -0.1) is 0 Å². The van der Waals surface area contributed by atoms with Crippen LogP contribution in [0.1, 0.15) is 30.4 Å². The third kappa shape index (κ3) is 4.13. The Morgan fingerprint density at radius 2 is 1.96 bits per heavy atom.